The van der Waals surface area contributed by atoms with E-state index in [4.69, 9.17) is 9.16 Å². The van der Waals surface area contributed by atoms with Gasteiger partial charge in [0.25, 0.3) is 0 Å². The number of allylic oxidation sites excluding steroid dienone is 3. The monoisotopic (exact) mass is 296 g/mol. The van der Waals surface area contributed by atoms with E-state index in [1.807, 2.05) is 31.2 Å². The number of hydrogen-bond donors (Lipinski definition) is 0. The zero-order valence-corrected chi connectivity index (χ0v) is 14.6. The largest absolute Gasteiger partial charge is 0.459 e. The maximum atomic E-state index is 11.3. The van der Waals surface area contributed by atoms with Crippen LogP contribution in [0, 0.1) is 0 Å². The molecule has 0 radical (unpaired) electrons. The molecule has 1 heterocycles. The van der Waals surface area contributed by atoms with Crippen LogP contribution >= 0.6 is 0 Å². The van der Waals surface area contributed by atoms with Gasteiger partial charge in [-0.1, -0.05) is 45.1 Å². The first-order valence-corrected chi connectivity index (χ1v) is 10.2. The van der Waals surface area contributed by atoms with Gasteiger partial charge in [-0.2, -0.15) is 0 Å². The van der Waals surface area contributed by atoms with Crippen molar-refractivity contribution in [2.45, 2.75) is 70.9 Å². The van der Waals surface area contributed by atoms with E-state index >= 15 is 0 Å². The minimum atomic E-state index is -1.88. The number of rotatable bonds is 5. The Labute approximate surface area is 124 Å². The number of carbonyl (C=O) groups excluding carboxylic acids is 1. The number of hydrogen-bond acceptors (Lipinski definition) is 3. The molecule has 0 spiro atoms. The highest BCUT2D eigenvalue weighted by Crippen LogP contribution is 2.38. The van der Waals surface area contributed by atoms with Crippen LogP contribution in [0.15, 0.2) is 24.3 Å². The Morgan fingerprint density at radius 3 is 2.45 bits per heavy atom. The van der Waals surface area contributed by atoms with Gasteiger partial charge < -0.3 is 9.16 Å². The lowest BCUT2D eigenvalue weighted by Crippen LogP contribution is -2.46. The van der Waals surface area contributed by atoms with Crippen LogP contribution in [-0.2, 0) is 14.0 Å². The van der Waals surface area contributed by atoms with E-state index in [1.54, 1.807) is 0 Å². The summed E-state index contributed by atoms with van der Waals surface area (Å²) in [6.45, 7) is 13.1. The van der Waals surface area contributed by atoms with Crippen molar-refractivity contribution < 1.29 is 14.0 Å². The lowest BCUT2D eigenvalue weighted by atomic mass is 10.1. The van der Waals surface area contributed by atoms with Crippen molar-refractivity contribution >= 4 is 14.3 Å². The molecule has 0 aromatic heterocycles. The van der Waals surface area contributed by atoms with E-state index in [-0.39, 0.29) is 23.2 Å². The van der Waals surface area contributed by atoms with Gasteiger partial charge in [0, 0.05) is 6.42 Å². The van der Waals surface area contributed by atoms with E-state index in [1.165, 1.54) is 0 Å². The molecule has 1 fully saturated rings. The summed E-state index contributed by atoms with van der Waals surface area (Å²) in [4.78, 5) is 11.3. The minimum absolute atomic E-state index is 0.113. The standard InChI is InChI=1S/C16H28O3Si/c1-7-8-9-10-14(13-11-12-15(17)18-13)19-20(5,6)16(2,3)4/h7-10,13-14H,11-12H2,1-6H3/b8-7+,10-9+/t13-,14+/m1/s1. The Hall–Kier alpha value is -0.873. The molecule has 20 heavy (non-hydrogen) atoms. The number of esters is 1. The van der Waals surface area contributed by atoms with Gasteiger partial charge in [0.1, 0.15) is 12.2 Å². The summed E-state index contributed by atoms with van der Waals surface area (Å²) in [5, 5.41) is 0.141. The van der Waals surface area contributed by atoms with Gasteiger partial charge in [0.05, 0.1) is 0 Å². The topological polar surface area (TPSA) is 35.5 Å². The zero-order chi connectivity index (χ0) is 15.4. The first kappa shape index (κ1) is 17.2. The molecule has 0 aliphatic carbocycles. The van der Waals surface area contributed by atoms with Crippen molar-refractivity contribution in [3.63, 3.8) is 0 Å². The maximum absolute atomic E-state index is 11.3. The predicted octanol–water partition coefficient (Wildman–Crippen LogP) is 4.21. The van der Waals surface area contributed by atoms with Crippen molar-refractivity contribution in [3.05, 3.63) is 24.3 Å². The van der Waals surface area contributed by atoms with E-state index in [2.05, 4.69) is 33.9 Å². The maximum Gasteiger partial charge on any atom is 0.306 e. The van der Waals surface area contributed by atoms with Gasteiger partial charge in [-0.3, -0.25) is 4.79 Å². The summed E-state index contributed by atoms with van der Waals surface area (Å²) in [5.74, 6) is -0.113. The highest BCUT2D eigenvalue weighted by Gasteiger charge is 2.41. The van der Waals surface area contributed by atoms with Crippen LogP contribution in [0.4, 0.5) is 0 Å². The van der Waals surface area contributed by atoms with Crippen molar-refractivity contribution in [1.29, 1.82) is 0 Å². The van der Waals surface area contributed by atoms with Gasteiger partial charge in [-0.15, -0.1) is 0 Å². The highest BCUT2D eigenvalue weighted by atomic mass is 28.4. The summed E-state index contributed by atoms with van der Waals surface area (Å²) >= 11 is 0. The second-order valence-corrected chi connectivity index (χ2v) is 11.6. The van der Waals surface area contributed by atoms with Crippen LogP contribution in [0.2, 0.25) is 18.1 Å². The van der Waals surface area contributed by atoms with Gasteiger partial charge >= 0.3 is 5.97 Å². The summed E-state index contributed by atoms with van der Waals surface area (Å²) in [6.07, 6.45) is 8.90. The van der Waals surface area contributed by atoms with Crippen molar-refractivity contribution in [1.82, 2.24) is 0 Å². The highest BCUT2D eigenvalue weighted by molar-refractivity contribution is 6.74. The first-order chi connectivity index (χ1) is 9.17. The molecule has 0 bridgehead atoms. The first-order valence-electron chi connectivity index (χ1n) is 7.34. The van der Waals surface area contributed by atoms with Crippen molar-refractivity contribution in [2.24, 2.45) is 0 Å². The van der Waals surface area contributed by atoms with Gasteiger partial charge in [0.15, 0.2) is 8.32 Å². The molecule has 0 aromatic rings. The molecule has 4 heteroatoms. The molecule has 0 N–H and O–H groups in total. The van der Waals surface area contributed by atoms with Crippen LogP contribution in [0.5, 0.6) is 0 Å². The molecule has 3 nitrogen and oxygen atoms in total. The molecule has 0 saturated carbocycles. The fraction of sp³-hybridized carbons (Fsp3) is 0.688. The number of carbonyl (C=O) groups is 1. The molecule has 0 unspecified atom stereocenters. The molecule has 114 valence electrons. The normalized spacial score (nSPS) is 22.7. The molecular formula is C16H28O3Si. The number of ether oxygens (including phenoxy) is 1. The molecule has 1 rings (SSSR count). The Morgan fingerprint density at radius 1 is 1.35 bits per heavy atom. The van der Waals surface area contributed by atoms with Gasteiger partial charge in [0.2, 0.25) is 0 Å². The Kier molecular flexibility index (Phi) is 5.77. The second-order valence-electron chi connectivity index (χ2n) is 6.82. The molecule has 2 atom stereocenters. The third-order valence-corrected chi connectivity index (χ3v) is 8.60. The van der Waals surface area contributed by atoms with E-state index in [9.17, 15) is 4.79 Å². The minimum Gasteiger partial charge on any atom is -0.459 e. The fourth-order valence-electron chi connectivity index (χ4n) is 1.82. The fourth-order valence-corrected chi connectivity index (χ4v) is 3.08. The Morgan fingerprint density at radius 2 is 2.00 bits per heavy atom. The molecule has 0 amide bonds. The molecular weight excluding hydrogens is 268 g/mol. The molecule has 1 aliphatic rings. The Balaban J connectivity index is 2.85. The van der Waals surface area contributed by atoms with Crippen LogP contribution in [0.1, 0.15) is 40.5 Å². The summed E-state index contributed by atoms with van der Waals surface area (Å²) in [5.41, 5.74) is 0. The third kappa shape index (κ3) is 4.60. The van der Waals surface area contributed by atoms with Crippen LogP contribution in [0.3, 0.4) is 0 Å². The smallest absolute Gasteiger partial charge is 0.306 e. The van der Waals surface area contributed by atoms with E-state index in [0.717, 1.165) is 6.42 Å². The van der Waals surface area contributed by atoms with Crippen LogP contribution in [0.25, 0.3) is 0 Å². The second kappa shape index (κ2) is 6.72. The van der Waals surface area contributed by atoms with Gasteiger partial charge in [-0.05, 0) is 31.5 Å². The van der Waals surface area contributed by atoms with E-state index < -0.39 is 8.32 Å². The quantitative estimate of drug-likeness (QED) is 0.433. The molecule has 0 aromatic carbocycles. The van der Waals surface area contributed by atoms with Crippen LogP contribution < -0.4 is 0 Å². The average molecular weight is 296 g/mol. The lowest BCUT2D eigenvalue weighted by molar-refractivity contribution is -0.143. The van der Waals surface area contributed by atoms with Crippen LogP contribution in [-0.4, -0.2) is 26.5 Å². The summed E-state index contributed by atoms with van der Waals surface area (Å²) in [6, 6.07) is 0. The van der Waals surface area contributed by atoms with E-state index in [0.29, 0.717) is 6.42 Å². The van der Waals surface area contributed by atoms with Crippen molar-refractivity contribution in [3.8, 4) is 0 Å². The molecule has 1 saturated heterocycles. The summed E-state index contributed by atoms with van der Waals surface area (Å²) < 4.78 is 11.8. The SMILES string of the molecule is C/C=C/C=C/[C@H](O[Si](C)(C)C(C)(C)C)[C@H]1CCC(=O)O1. The average Bonchev–Trinajstić information content (AvgIpc) is 2.73. The predicted molar refractivity (Wildman–Crippen MR) is 85.1 cm³/mol. The lowest BCUT2D eigenvalue weighted by Gasteiger charge is -2.39. The third-order valence-electron chi connectivity index (χ3n) is 4.12. The summed E-state index contributed by atoms with van der Waals surface area (Å²) in [7, 11) is -1.88. The van der Waals surface area contributed by atoms with Gasteiger partial charge in [-0.25, -0.2) is 0 Å². The molecule has 1 aliphatic heterocycles. The Bertz CT molecular complexity index is 391. The zero-order valence-electron chi connectivity index (χ0n) is 13.6. The number of cyclic esters (lactones) is 1. The van der Waals surface area contributed by atoms with Crippen molar-refractivity contribution in [2.75, 3.05) is 0 Å².